The molecule has 1 aromatic heterocycles. The summed E-state index contributed by atoms with van der Waals surface area (Å²) in [6, 6.07) is 10.8. The number of para-hydroxylation sites is 1. The number of esters is 1. The minimum Gasteiger partial charge on any atom is -0.479 e. The Morgan fingerprint density at radius 1 is 1.15 bits per heavy atom. The summed E-state index contributed by atoms with van der Waals surface area (Å²) < 4.78 is 29.0. The summed E-state index contributed by atoms with van der Waals surface area (Å²) >= 11 is 0. The Morgan fingerprint density at radius 2 is 1.92 bits per heavy atom. The molecule has 6 heteroatoms. The summed E-state index contributed by atoms with van der Waals surface area (Å²) in [6.07, 6.45) is 0. The first kappa shape index (κ1) is 17.7. The molecule has 0 amide bonds. The molecule has 0 bridgehead atoms. The van der Waals surface area contributed by atoms with Gasteiger partial charge in [-0.3, -0.25) is 0 Å². The maximum atomic E-state index is 13.5. The number of fused-ring (bicyclic) bond motifs is 1. The van der Waals surface area contributed by atoms with E-state index in [1.807, 2.05) is 26.0 Å². The van der Waals surface area contributed by atoms with Gasteiger partial charge in [-0.1, -0.05) is 24.3 Å². The van der Waals surface area contributed by atoms with Gasteiger partial charge in [0.25, 0.3) is 0 Å². The van der Waals surface area contributed by atoms with Crippen LogP contribution in [-0.4, -0.2) is 12.6 Å². The van der Waals surface area contributed by atoms with E-state index in [4.69, 9.17) is 13.9 Å². The topological polar surface area (TPSA) is 65.7 Å². The van der Waals surface area contributed by atoms with Crippen LogP contribution in [0.2, 0.25) is 0 Å². The minimum atomic E-state index is -0.668. The lowest BCUT2D eigenvalue weighted by molar-refractivity contribution is -0.147. The minimum absolute atomic E-state index is 0.0265. The summed E-state index contributed by atoms with van der Waals surface area (Å²) in [5.41, 5.74) is 2.35. The van der Waals surface area contributed by atoms with E-state index in [1.165, 1.54) is 24.3 Å². The predicted molar refractivity (Wildman–Crippen MR) is 93.6 cm³/mol. The average molecular weight is 356 g/mol. The van der Waals surface area contributed by atoms with Gasteiger partial charge in [0.05, 0.1) is 0 Å². The Balaban J connectivity index is 1.71. The molecule has 0 fully saturated rings. The van der Waals surface area contributed by atoms with E-state index in [0.29, 0.717) is 16.5 Å². The van der Waals surface area contributed by atoms with Gasteiger partial charge < -0.3 is 13.9 Å². The molecule has 0 unspecified atom stereocenters. The monoisotopic (exact) mass is 356 g/mol. The molecule has 0 aliphatic carbocycles. The van der Waals surface area contributed by atoms with Crippen molar-refractivity contribution in [2.24, 2.45) is 0 Å². The summed E-state index contributed by atoms with van der Waals surface area (Å²) in [6.45, 7) is 3.24. The van der Waals surface area contributed by atoms with E-state index in [-0.39, 0.29) is 12.4 Å². The van der Waals surface area contributed by atoms with E-state index >= 15 is 0 Å². The lowest BCUT2D eigenvalue weighted by Gasteiger charge is -2.10. The predicted octanol–water partition coefficient (Wildman–Crippen LogP) is 3.67. The molecule has 3 rings (SSSR count). The molecule has 2 aromatic carbocycles. The van der Waals surface area contributed by atoms with Gasteiger partial charge in [-0.25, -0.2) is 14.0 Å². The second-order valence-corrected chi connectivity index (χ2v) is 5.85. The van der Waals surface area contributed by atoms with Gasteiger partial charge in [0, 0.05) is 17.0 Å². The van der Waals surface area contributed by atoms with Crippen LogP contribution in [-0.2, 0) is 16.1 Å². The zero-order valence-corrected chi connectivity index (χ0v) is 14.4. The fraction of sp³-hybridized carbons (Fsp3) is 0.200. The molecule has 0 aliphatic heterocycles. The Hall–Kier alpha value is -3.15. The lowest BCUT2D eigenvalue weighted by Crippen LogP contribution is -2.16. The zero-order valence-electron chi connectivity index (χ0n) is 14.4. The quantitative estimate of drug-likeness (QED) is 0.515. The molecule has 26 heavy (non-hydrogen) atoms. The van der Waals surface area contributed by atoms with E-state index in [2.05, 4.69) is 0 Å². The third-order valence-corrected chi connectivity index (χ3v) is 4.09. The maximum Gasteiger partial charge on any atom is 0.344 e. The Bertz CT molecular complexity index is 1020. The number of carbonyl (C=O) groups is 1. The van der Waals surface area contributed by atoms with Gasteiger partial charge in [-0.15, -0.1) is 0 Å². The summed E-state index contributed by atoms with van der Waals surface area (Å²) in [4.78, 5) is 23.7. The Kier molecular flexibility index (Phi) is 5.02. The van der Waals surface area contributed by atoms with Crippen molar-refractivity contribution in [3.8, 4) is 5.75 Å². The maximum absolute atomic E-state index is 13.5. The van der Waals surface area contributed by atoms with Crippen molar-refractivity contribution < 1.29 is 23.1 Å². The molecule has 0 atom stereocenters. The van der Waals surface area contributed by atoms with Gasteiger partial charge >= 0.3 is 11.6 Å². The molecule has 0 saturated heterocycles. The van der Waals surface area contributed by atoms with E-state index in [9.17, 15) is 14.0 Å². The van der Waals surface area contributed by atoms with Crippen LogP contribution in [0.15, 0.2) is 51.7 Å². The second-order valence-electron chi connectivity index (χ2n) is 5.85. The van der Waals surface area contributed by atoms with Crippen LogP contribution >= 0.6 is 0 Å². The van der Waals surface area contributed by atoms with Gasteiger partial charge in [-0.05, 0) is 37.1 Å². The van der Waals surface area contributed by atoms with Crippen LogP contribution in [0.5, 0.6) is 5.75 Å². The molecule has 3 aromatic rings. The van der Waals surface area contributed by atoms with Crippen molar-refractivity contribution in [1.29, 1.82) is 0 Å². The van der Waals surface area contributed by atoms with Crippen LogP contribution in [0.1, 0.15) is 16.7 Å². The van der Waals surface area contributed by atoms with Crippen LogP contribution in [0.4, 0.5) is 4.39 Å². The van der Waals surface area contributed by atoms with Crippen LogP contribution in [0, 0.1) is 19.7 Å². The van der Waals surface area contributed by atoms with Crippen molar-refractivity contribution in [2.75, 3.05) is 6.61 Å². The Morgan fingerprint density at radius 3 is 2.69 bits per heavy atom. The van der Waals surface area contributed by atoms with E-state index in [1.54, 1.807) is 6.07 Å². The van der Waals surface area contributed by atoms with Crippen LogP contribution in [0.25, 0.3) is 11.0 Å². The van der Waals surface area contributed by atoms with E-state index < -0.39 is 24.0 Å². The third kappa shape index (κ3) is 3.74. The van der Waals surface area contributed by atoms with Gasteiger partial charge in [-0.2, -0.15) is 0 Å². The molecule has 0 saturated carbocycles. The number of ether oxygens (including phenoxy) is 2. The van der Waals surface area contributed by atoms with E-state index in [0.717, 1.165) is 11.1 Å². The fourth-order valence-corrected chi connectivity index (χ4v) is 2.54. The molecule has 0 radical (unpaired) electrons. The van der Waals surface area contributed by atoms with Crippen molar-refractivity contribution in [3.63, 3.8) is 0 Å². The second kappa shape index (κ2) is 7.39. The standard InChI is InChI=1S/C20H17FO5/c1-12-7-8-15-14(9-18(22)26-20(15)13(12)2)10-25-19(23)11-24-17-6-4-3-5-16(17)21/h3-9H,10-11H2,1-2H3. The summed E-state index contributed by atoms with van der Waals surface area (Å²) in [5.74, 6) is -1.25. The van der Waals surface area contributed by atoms with Crippen LogP contribution < -0.4 is 10.4 Å². The smallest absolute Gasteiger partial charge is 0.344 e. The highest BCUT2D eigenvalue weighted by Crippen LogP contribution is 2.23. The zero-order chi connectivity index (χ0) is 18.7. The number of hydrogen-bond donors (Lipinski definition) is 0. The molecule has 0 aliphatic rings. The first-order chi connectivity index (χ1) is 12.5. The highest BCUT2D eigenvalue weighted by molar-refractivity contribution is 5.84. The first-order valence-electron chi connectivity index (χ1n) is 8.01. The number of aryl methyl sites for hydroxylation is 2. The third-order valence-electron chi connectivity index (χ3n) is 4.09. The average Bonchev–Trinajstić information content (AvgIpc) is 2.62. The van der Waals surface area contributed by atoms with Crippen molar-refractivity contribution in [2.45, 2.75) is 20.5 Å². The van der Waals surface area contributed by atoms with Gasteiger partial charge in [0.15, 0.2) is 18.2 Å². The molecular formula is C20H17FO5. The summed E-state index contributed by atoms with van der Waals surface area (Å²) in [5, 5.41) is 0.704. The first-order valence-corrected chi connectivity index (χ1v) is 8.01. The molecule has 0 N–H and O–H groups in total. The number of rotatable bonds is 5. The van der Waals surface area contributed by atoms with Crippen molar-refractivity contribution in [3.05, 3.63) is 75.4 Å². The highest BCUT2D eigenvalue weighted by atomic mass is 19.1. The SMILES string of the molecule is Cc1ccc2c(COC(=O)COc3ccccc3F)cc(=O)oc2c1C. The molecule has 0 spiro atoms. The fourth-order valence-electron chi connectivity index (χ4n) is 2.54. The molecular weight excluding hydrogens is 339 g/mol. The van der Waals surface area contributed by atoms with Crippen molar-refractivity contribution in [1.82, 2.24) is 0 Å². The number of benzene rings is 2. The number of halogens is 1. The van der Waals surface area contributed by atoms with Crippen molar-refractivity contribution >= 4 is 16.9 Å². The number of carbonyl (C=O) groups excluding carboxylic acids is 1. The molecule has 1 heterocycles. The van der Waals surface area contributed by atoms with Crippen LogP contribution in [0.3, 0.4) is 0 Å². The largest absolute Gasteiger partial charge is 0.479 e. The summed E-state index contributed by atoms with van der Waals surface area (Å²) in [7, 11) is 0. The molecule has 5 nitrogen and oxygen atoms in total. The number of hydrogen-bond acceptors (Lipinski definition) is 5. The normalized spacial score (nSPS) is 10.7. The molecule has 134 valence electrons. The highest BCUT2D eigenvalue weighted by Gasteiger charge is 2.12. The van der Waals surface area contributed by atoms with Gasteiger partial charge in [0.2, 0.25) is 0 Å². The van der Waals surface area contributed by atoms with Gasteiger partial charge in [0.1, 0.15) is 12.2 Å². The lowest BCUT2D eigenvalue weighted by atomic mass is 10.0. The Labute approximate surface area is 149 Å².